The van der Waals surface area contributed by atoms with Gasteiger partial charge in [-0.2, -0.15) is 0 Å². The van der Waals surface area contributed by atoms with Crippen molar-refractivity contribution >= 4 is 37.4 Å². The highest BCUT2D eigenvalue weighted by molar-refractivity contribution is 9.10. The number of nitrogens with one attached hydrogen (secondary N) is 1. The molecule has 0 radical (unpaired) electrons. The number of anilines is 1. The molecule has 0 fully saturated rings. The van der Waals surface area contributed by atoms with E-state index in [4.69, 9.17) is 5.73 Å². The number of amides is 1. The van der Waals surface area contributed by atoms with Crippen LogP contribution in [0.15, 0.2) is 27.6 Å². The Morgan fingerprint density at radius 1 is 1.38 bits per heavy atom. The summed E-state index contributed by atoms with van der Waals surface area (Å²) in [4.78, 5) is 12.1. The SMILES string of the molecule is CCCC(C)NC(=O)C(C)S(=O)(=O)c1cc(Br)ccc1N. The second-order valence-corrected chi connectivity index (χ2v) is 8.22. The second-order valence-electron chi connectivity index (χ2n) is 5.07. The molecule has 0 aliphatic carbocycles. The van der Waals surface area contributed by atoms with E-state index in [0.29, 0.717) is 4.47 Å². The lowest BCUT2D eigenvalue weighted by Crippen LogP contribution is -2.42. The molecular weight excluding hydrogens is 356 g/mol. The van der Waals surface area contributed by atoms with Gasteiger partial charge in [0.2, 0.25) is 5.91 Å². The monoisotopic (exact) mass is 376 g/mol. The lowest BCUT2D eigenvalue weighted by atomic mass is 10.2. The van der Waals surface area contributed by atoms with Gasteiger partial charge < -0.3 is 11.1 Å². The molecule has 0 aliphatic rings. The van der Waals surface area contributed by atoms with Crippen molar-refractivity contribution in [2.75, 3.05) is 5.73 Å². The molecule has 118 valence electrons. The number of hydrogen-bond acceptors (Lipinski definition) is 4. The third-order valence-corrected chi connectivity index (χ3v) is 5.83. The lowest BCUT2D eigenvalue weighted by molar-refractivity contribution is -0.121. The third-order valence-electron chi connectivity index (χ3n) is 3.23. The van der Waals surface area contributed by atoms with E-state index in [1.165, 1.54) is 19.1 Å². The average molecular weight is 377 g/mol. The van der Waals surface area contributed by atoms with E-state index in [9.17, 15) is 13.2 Å². The van der Waals surface area contributed by atoms with Crippen molar-refractivity contribution in [1.29, 1.82) is 0 Å². The minimum atomic E-state index is -3.82. The van der Waals surface area contributed by atoms with E-state index >= 15 is 0 Å². The quantitative estimate of drug-likeness (QED) is 0.746. The lowest BCUT2D eigenvalue weighted by Gasteiger charge is -2.18. The standard InChI is InChI=1S/C14H21BrN2O3S/c1-4-5-9(2)17-14(18)10(3)21(19,20)13-8-11(15)6-7-12(13)16/h6-10H,4-5,16H2,1-3H3,(H,17,18). The Labute approximate surface area is 134 Å². The molecule has 0 spiro atoms. The maximum Gasteiger partial charge on any atom is 0.238 e. The first-order valence-corrected chi connectivity index (χ1v) is 9.13. The zero-order valence-corrected chi connectivity index (χ0v) is 14.8. The Hall–Kier alpha value is -1.08. The highest BCUT2D eigenvalue weighted by atomic mass is 79.9. The van der Waals surface area contributed by atoms with Crippen LogP contribution in [0.3, 0.4) is 0 Å². The molecule has 0 bridgehead atoms. The molecule has 21 heavy (non-hydrogen) atoms. The fraction of sp³-hybridized carbons (Fsp3) is 0.500. The van der Waals surface area contributed by atoms with Crippen molar-refractivity contribution in [2.24, 2.45) is 0 Å². The molecule has 2 atom stereocenters. The Bertz CT molecular complexity index is 617. The molecule has 1 amide bonds. The van der Waals surface area contributed by atoms with Gasteiger partial charge in [-0.15, -0.1) is 0 Å². The highest BCUT2D eigenvalue weighted by Gasteiger charge is 2.31. The van der Waals surface area contributed by atoms with Gasteiger partial charge in [0, 0.05) is 10.5 Å². The summed E-state index contributed by atoms with van der Waals surface area (Å²) in [6.45, 7) is 5.24. The summed E-state index contributed by atoms with van der Waals surface area (Å²) in [5.41, 5.74) is 5.87. The number of benzene rings is 1. The maximum atomic E-state index is 12.5. The first-order chi connectivity index (χ1) is 9.70. The van der Waals surface area contributed by atoms with Gasteiger partial charge in [0.05, 0.1) is 10.6 Å². The van der Waals surface area contributed by atoms with E-state index in [2.05, 4.69) is 21.2 Å². The number of carbonyl (C=O) groups is 1. The summed E-state index contributed by atoms with van der Waals surface area (Å²) in [6.07, 6.45) is 1.72. The molecule has 0 heterocycles. The van der Waals surface area contributed by atoms with Gasteiger partial charge in [-0.05, 0) is 38.5 Å². The Kier molecular flexibility index (Phi) is 6.22. The highest BCUT2D eigenvalue weighted by Crippen LogP contribution is 2.26. The molecular formula is C14H21BrN2O3S. The summed E-state index contributed by atoms with van der Waals surface area (Å²) in [6, 6.07) is 4.52. The second kappa shape index (κ2) is 7.26. The van der Waals surface area contributed by atoms with Crippen LogP contribution >= 0.6 is 15.9 Å². The van der Waals surface area contributed by atoms with E-state index in [0.717, 1.165) is 12.8 Å². The van der Waals surface area contributed by atoms with Crippen LogP contribution in [-0.4, -0.2) is 25.6 Å². The number of hydrogen-bond donors (Lipinski definition) is 2. The van der Waals surface area contributed by atoms with Gasteiger partial charge >= 0.3 is 0 Å². The Balaban J connectivity index is 3.01. The largest absolute Gasteiger partial charge is 0.398 e. The molecule has 0 saturated carbocycles. The van der Waals surface area contributed by atoms with Crippen molar-refractivity contribution < 1.29 is 13.2 Å². The minimum absolute atomic E-state index is 0.0253. The molecule has 1 rings (SSSR count). The van der Waals surface area contributed by atoms with Crippen molar-refractivity contribution in [3.05, 3.63) is 22.7 Å². The minimum Gasteiger partial charge on any atom is -0.398 e. The predicted molar refractivity (Wildman–Crippen MR) is 87.7 cm³/mol. The van der Waals surface area contributed by atoms with Crippen LogP contribution in [0.2, 0.25) is 0 Å². The molecule has 1 aromatic carbocycles. The van der Waals surface area contributed by atoms with Crippen LogP contribution in [0.5, 0.6) is 0 Å². The smallest absolute Gasteiger partial charge is 0.238 e. The first kappa shape index (κ1) is 18.0. The van der Waals surface area contributed by atoms with Gasteiger partial charge in [0.25, 0.3) is 0 Å². The molecule has 1 aromatic rings. The van der Waals surface area contributed by atoms with Crippen LogP contribution in [0, 0.1) is 0 Å². The normalized spacial score (nSPS) is 14.5. The molecule has 5 nitrogen and oxygen atoms in total. The summed E-state index contributed by atoms with van der Waals surface area (Å²) in [7, 11) is -3.82. The Morgan fingerprint density at radius 3 is 2.57 bits per heavy atom. The maximum absolute atomic E-state index is 12.5. The van der Waals surface area contributed by atoms with Crippen LogP contribution in [0.1, 0.15) is 33.6 Å². The Morgan fingerprint density at radius 2 is 2.00 bits per heavy atom. The summed E-state index contributed by atoms with van der Waals surface area (Å²) < 4.78 is 25.6. The molecule has 0 saturated heterocycles. The van der Waals surface area contributed by atoms with Crippen molar-refractivity contribution in [1.82, 2.24) is 5.32 Å². The van der Waals surface area contributed by atoms with Gasteiger partial charge in [-0.3, -0.25) is 4.79 Å². The number of nitrogen functional groups attached to an aromatic ring is 1. The van der Waals surface area contributed by atoms with Gasteiger partial charge in [-0.1, -0.05) is 29.3 Å². The first-order valence-electron chi connectivity index (χ1n) is 6.79. The zero-order chi connectivity index (χ0) is 16.2. The van der Waals surface area contributed by atoms with E-state index in [1.54, 1.807) is 6.07 Å². The van der Waals surface area contributed by atoms with Crippen molar-refractivity contribution in [3.63, 3.8) is 0 Å². The fourth-order valence-electron chi connectivity index (χ4n) is 1.95. The van der Waals surface area contributed by atoms with Gasteiger partial charge in [0.15, 0.2) is 9.84 Å². The number of carbonyl (C=O) groups excluding carboxylic acids is 1. The summed E-state index contributed by atoms with van der Waals surface area (Å²) in [5.74, 6) is -0.504. The summed E-state index contributed by atoms with van der Waals surface area (Å²) >= 11 is 3.22. The van der Waals surface area contributed by atoms with Crippen molar-refractivity contribution in [3.8, 4) is 0 Å². The van der Waals surface area contributed by atoms with Crippen LogP contribution in [0.25, 0.3) is 0 Å². The number of rotatable bonds is 6. The van der Waals surface area contributed by atoms with E-state index in [1.807, 2.05) is 13.8 Å². The topological polar surface area (TPSA) is 89.3 Å². The fourth-order valence-corrected chi connectivity index (χ4v) is 3.88. The van der Waals surface area contributed by atoms with Crippen LogP contribution < -0.4 is 11.1 Å². The van der Waals surface area contributed by atoms with Crippen molar-refractivity contribution in [2.45, 2.75) is 49.8 Å². The van der Waals surface area contributed by atoms with Gasteiger partial charge in [-0.25, -0.2) is 8.42 Å². The van der Waals surface area contributed by atoms with Crippen LogP contribution in [0.4, 0.5) is 5.69 Å². The molecule has 2 unspecified atom stereocenters. The average Bonchev–Trinajstić information content (AvgIpc) is 2.40. The molecule has 0 aliphatic heterocycles. The number of sulfone groups is 1. The number of halogens is 1. The third kappa shape index (κ3) is 4.44. The van der Waals surface area contributed by atoms with E-state index in [-0.39, 0.29) is 16.6 Å². The molecule has 7 heteroatoms. The van der Waals surface area contributed by atoms with E-state index < -0.39 is 21.0 Å². The predicted octanol–water partition coefficient (Wildman–Crippen LogP) is 2.50. The summed E-state index contributed by atoms with van der Waals surface area (Å²) in [5, 5.41) is 1.53. The van der Waals surface area contributed by atoms with Gasteiger partial charge in [0.1, 0.15) is 5.25 Å². The molecule has 0 aromatic heterocycles. The van der Waals surface area contributed by atoms with Crippen LogP contribution in [-0.2, 0) is 14.6 Å². The number of nitrogens with two attached hydrogens (primary N) is 1. The molecule has 3 N–H and O–H groups in total. The zero-order valence-electron chi connectivity index (χ0n) is 12.4.